The average Bonchev–Trinajstić information content (AvgIpc) is 3.09. The molecule has 0 saturated carbocycles. The molecule has 0 amide bonds. The zero-order valence-corrected chi connectivity index (χ0v) is 14.6. The minimum absolute atomic E-state index is 0.216. The number of carboxylic acids is 1. The normalized spacial score (nSPS) is 20.0. The first-order valence-electron chi connectivity index (χ1n) is 8.59. The third-order valence-corrected chi connectivity index (χ3v) is 4.77. The summed E-state index contributed by atoms with van der Waals surface area (Å²) in [5.74, 6) is -0.986. The first-order chi connectivity index (χ1) is 12.8. The number of ether oxygens (including phenoxy) is 1. The monoisotopic (exact) mass is 379 g/mol. The van der Waals surface area contributed by atoms with Crippen molar-refractivity contribution in [2.45, 2.75) is 31.1 Å². The Labute approximate surface area is 155 Å². The standard InChI is InChI=1S/C20H20F3NO3/c21-20(22,23)17-6-4-14(5-7-17)11-19(8-9-27-13-19)24-12-15-2-1-3-16(10-15)18(25)26/h1-7,10,24H,8-9,11-13H2,(H,25,26). The Morgan fingerprint density at radius 2 is 1.89 bits per heavy atom. The van der Waals surface area contributed by atoms with Crippen molar-refractivity contribution >= 4 is 5.97 Å². The Morgan fingerprint density at radius 3 is 2.48 bits per heavy atom. The molecule has 0 radical (unpaired) electrons. The van der Waals surface area contributed by atoms with Gasteiger partial charge in [0, 0.05) is 18.7 Å². The van der Waals surface area contributed by atoms with E-state index in [9.17, 15) is 18.0 Å². The van der Waals surface area contributed by atoms with Crippen LogP contribution in [0.15, 0.2) is 48.5 Å². The number of hydrogen-bond acceptors (Lipinski definition) is 3. The van der Waals surface area contributed by atoms with E-state index in [-0.39, 0.29) is 11.1 Å². The quantitative estimate of drug-likeness (QED) is 0.799. The maximum absolute atomic E-state index is 12.7. The summed E-state index contributed by atoms with van der Waals surface area (Å²) < 4.78 is 43.7. The molecule has 27 heavy (non-hydrogen) atoms. The van der Waals surface area contributed by atoms with Crippen molar-refractivity contribution in [1.82, 2.24) is 5.32 Å². The molecule has 4 nitrogen and oxygen atoms in total. The second kappa shape index (κ2) is 7.70. The van der Waals surface area contributed by atoms with Gasteiger partial charge in [0.2, 0.25) is 0 Å². The predicted molar refractivity (Wildman–Crippen MR) is 93.6 cm³/mol. The number of nitrogens with one attached hydrogen (secondary N) is 1. The molecule has 0 bridgehead atoms. The van der Waals surface area contributed by atoms with Crippen LogP contribution in [-0.2, 0) is 23.9 Å². The highest BCUT2D eigenvalue weighted by Gasteiger charge is 2.35. The van der Waals surface area contributed by atoms with E-state index in [0.29, 0.717) is 26.2 Å². The highest BCUT2D eigenvalue weighted by Crippen LogP contribution is 2.30. The second-order valence-electron chi connectivity index (χ2n) is 6.81. The van der Waals surface area contributed by atoms with E-state index in [1.165, 1.54) is 18.2 Å². The van der Waals surface area contributed by atoms with Crippen molar-refractivity contribution in [3.05, 3.63) is 70.8 Å². The summed E-state index contributed by atoms with van der Waals surface area (Å²) in [4.78, 5) is 11.1. The maximum atomic E-state index is 12.7. The summed E-state index contributed by atoms with van der Waals surface area (Å²) in [5, 5.41) is 12.5. The van der Waals surface area contributed by atoms with Crippen LogP contribution in [0.2, 0.25) is 0 Å². The van der Waals surface area contributed by atoms with Crippen molar-refractivity contribution in [2.75, 3.05) is 13.2 Å². The zero-order chi connectivity index (χ0) is 19.5. The number of alkyl halides is 3. The first kappa shape index (κ1) is 19.4. The first-order valence-corrected chi connectivity index (χ1v) is 8.59. The molecule has 3 rings (SSSR count). The topological polar surface area (TPSA) is 58.6 Å². The van der Waals surface area contributed by atoms with Gasteiger partial charge in [0.25, 0.3) is 0 Å². The molecule has 2 N–H and O–H groups in total. The lowest BCUT2D eigenvalue weighted by Crippen LogP contribution is -2.47. The van der Waals surface area contributed by atoms with Crippen LogP contribution in [0.5, 0.6) is 0 Å². The molecular weight excluding hydrogens is 359 g/mol. The molecule has 0 aromatic heterocycles. The Balaban J connectivity index is 1.71. The number of benzene rings is 2. The van der Waals surface area contributed by atoms with Gasteiger partial charge in [-0.3, -0.25) is 0 Å². The molecule has 0 aliphatic carbocycles. The summed E-state index contributed by atoms with van der Waals surface area (Å²) >= 11 is 0. The van der Waals surface area contributed by atoms with Gasteiger partial charge < -0.3 is 15.2 Å². The summed E-state index contributed by atoms with van der Waals surface area (Å²) in [5.41, 5.74) is 0.781. The van der Waals surface area contributed by atoms with Gasteiger partial charge in [0.1, 0.15) is 0 Å². The van der Waals surface area contributed by atoms with Gasteiger partial charge in [-0.2, -0.15) is 13.2 Å². The molecule has 1 heterocycles. The molecule has 2 aromatic carbocycles. The van der Waals surface area contributed by atoms with E-state index in [1.54, 1.807) is 12.1 Å². The minimum Gasteiger partial charge on any atom is -0.478 e. The van der Waals surface area contributed by atoms with Gasteiger partial charge in [-0.05, 0) is 48.2 Å². The molecule has 7 heteroatoms. The van der Waals surface area contributed by atoms with E-state index in [2.05, 4.69) is 5.32 Å². The number of halogens is 3. The molecular formula is C20H20F3NO3. The van der Waals surface area contributed by atoms with Crippen LogP contribution in [0.25, 0.3) is 0 Å². The van der Waals surface area contributed by atoms with E-state index >= 15 is 0 Å². The Hall–Kier alpha value is -2.38. The molecule has 1 atom stereocenters. The molecule has 1 saturated heterocycles. The zero-order valence-electron chi connectivity index (χ0n) is 14.6. The average molecular weight is 379 g/mol. The molecule has 1 unspecified atom stereocenters. The Morgan fingerprint density at radius 1 is 1.15 bits per heavy atom. The van der Waals surface area contributed by atoms with Gasteiger partial charge >= 0.3 is 12.1 Å². The fourth-order valence-corrected chi connectivity index (χ4v) is 3.25. The van der Waals surface area contributed by atoms with Crippen LogP contribution < -0.4 is 5.32 Å². The van der Waals surface area contributed by atoms with Crippen LogP contribution in [0.4, 0.5) is 13.2 Å². The lowest BCUT2D eigenvalue weighted by Gasteiger charge is -2.29. The third kappa shape index (κ3) is 4.87. The lowest BCUT2D eigenvalue weighted by molar-refractivity contribution is -0.137. The van der Waals surface area contributed by atoms with Crippen LogP contribution in [-0.4, -0.2) is 29.8 Å². The molecule has 1 aliphatic rings. The summed E-state index contributed by atoms with van der Waals surface area (Å²) in [6, 6.07) is 11.8. The van der Waals surface area contributed by atoms with Crippen molar-refractivity contribution < 1.29 is 27.8 Å². The third-order valence-electron chi connectivity index (χ3n) is 4.77. The van der Waals surface area contributed by atoms with Gasteiger partial charge in [0.05, 0.1) is 17.7 Å². The fraction of sp³-hybridized carbons (Fsp3) is 0.350. The van der Waals surface area contributed by atoms with E-state index in [0.717, 1.165) is 29.7 Å². The molecule has 144 valence electrons. The summed E-state index contributed by atoms with van der Waals surface area (Å²) in [7, 11) is 0. The van der Waals surface area contributed by atoms with Gasteiger partial charge in [0.15, 0.2) is 0 Å². The van der Waals surface area contributed by atoms with Gasteiger partial charge in [-0.25, -0.2) is 4.79 Å². The Kier molecular flexibility index (Phi) is 5.53. The van der Waals surface area contributed by atoms with Crippen molar-refractivity contribution in [2.24, 2.45) is 0 Å². The van der Waals surface area contributed by atoms with Gasteiger partial charge in [-0.1, -0.05) is 24.3 Å². The molecule has 0 spiro atoms. The number of hydrogen-bond donors (Lipinski definition) is 2. The number of carbonyl (C=O) groups is 1. The number of aromatic carboxylic acids is 1. The smallest absolute Gasteiger partial charge is 0.416 e. The van der Waals surface area contributed by atoms with E-state index in [4.69, 9.17) is 9.84 Å². The molecule has 2 aromatic rings. The summed E-state index contributed by atoms with van der Waals surface area (Å²) in [6.07, 6.45) is -3.09. The van der Waals surface area contributed by atoms with Gasteiger partial charge in [-0.15, -0.1) is 0 Å². The van der Waals surface area contributed by atoms with Crippen LogP contribution in [0.1, 0.15) is 33.5 Å². The second-order valence-corrected chi connectivity index (χ2v) is 6.81. The lowest BCUT2D eigenvalue weighted by atomic mass is 9.89. The SMILES string of the molecule is O=C(O)c1cccc(CNC2(Cc3ccc(C(F)(F)F)cc3)CCOC2)c1. The van der Waals surface area contributed by atoms with E-state index in [1.807, 2.05) is 6.07 Å². The number of rotatable bonds is 6. The van der Waals surface area contributed by atoms with Crippen molar-refractivity contribution in [1.29, 1.82) is 0 Å². The largest absolute Gasteiger partial charge is 0.478 e. The van der Waals surface area contributed by atoms with Crippen LogP contribution in [0, 0.1) is 0 Å². The molecule has 1 aliphatic heterocycles. The minimum atomic E-state index is -4.35. The van der Waals surface area contributed by atoms with Crippen molar-refractivity contribution in [3.8, 4) is 0 Å². The maximum Gasteiger partial charge on any atom is 0.416 e. The molecule has 1 fully saturated rings. The fourth-order valence-electron chi connectivity index (χ4n) is 3.25. The predicted octanol–water partition coefficient (Wildman–Crippen LogP) is 3.90. The Bertz CT molecular complexity index is 797. The number of carboxylic acid groups (broad SMARTS) is 1. The summed E-state index contributed by atoms with van der Waals surface area (Å²) in [6.45, 7) is 1.47. The highest BCUT2D eigenvalue weighted by molar-refractivity contribution is 5.87. The van der Waals surface area contributed by atoms with Crippen molar-refractivity contribution in [3.63, 3.8) is 0 Å². The van der Waals surface area contributed by atoms with Crippen LogP contribution in [0.3, 0.4) is 0 Å². The van der Waals surface area contributed by atoms with Crippen LogP contribution >= 0.6 is 0 Å². The highest BCUT2D eigenvalue weighted by atomic mass is 19.4. The van der Waals surface area contributed by atoms with E-state index < -0.39 is 17.7 Å².